The molecule has 1 aromatic heterocycles. The molecule has 1 aliphatic carbocycles. The van der Waals surface area contributed by atoms with E-state index < -0.39 is 12.0 Å². The standard InChI is InChI=1S/C19H24F2N4OS/c20-13-6-12-15(7-16(13)23-8-11-2-1-3-11)24-18(25-19(12)26)10-27-17-4-5-22-9-14(17)21/h6-7,11,14,17,22-23H,1-5,8-10H2,(H,24,25,26)/t14-,17+/m0/s1. The predicted molar refractivity (Wildman–Crippen MR) is 106 cm³/mol. The van der Waals surface area contributed by atoms with Crippen LogP contribution in [0.1, 0.15) is 31.5 Å². The Labute approximate surface area is 160 Å². The Hall–Kier alpha value is -1.67. The summed E-state index contributed by atoms with van der Waals surface area (Å²) >= 11 is 1.47. The number of piperidine rings is 1. The summed E-state index contributed by atoms with van der Waals surface area (Å²) in [5.74, 6) is 1.09. The number of H-pyrrole nitrogens is 1. The van der Waals surface area contributed by atoms with Crippen LogP contribution in [0.5, 0.6) is 0 Å². The Balaban J connectivity index is 1.51. The first-order valence-corrected chi connectivity index (χ1v) is 10.6. The number of anilines is 1. The van der Waals surface area contributed by atoms with Crippen molar-refractivity contribution in [1.82, 2.24) is 15.3 Å². The molecule has 3 N–H and O–H groups in total. The number of nitrogens with one attached hydrogen (secondary N) is 3. The third-order valence-electron chi connectivity index (χ3n) is 5.43. The van der Waals surface area contributed by atoms with E-state index in [1.165, 1.54) is 37.1 Å². The van der Waals surface area contributed by atoms with E-state index in [9.17, 15) is 13.6 Å². The van der Waals surface area contributed by atoms with Crippen molar-refractivity contribution in [3.05, 3.63) is 34.1 Å². The number of rotatable bonds is 6. The molecule has 2 aliphatic rings. The molecule has 2 atom stereocenters. The van der Waals surface area contributed by atoms with Crippen molar-refractivity contribution in [1.29, 1.82) is 0 Å². The second-order valence-corrected chi connectivity index (χ2v) is 8.63. The SMILES string of the molecule is O=c1[nH]c(CS[C@@H]2CCNC[C@@H]2F)nc2cc(NCC3CCC3)c(F)cc12. The lowest BCUT2D eigenvalue weighted by Crippen LogP contribution is -2.39. The zero-order valence-corrected chi connectivity index (χ0v) is 15.9. The van der Waals surface area contributed by atoms with Gasteiger partial charge in [-0.1, -0.05) is 6.42 Å². The van der Waals surface area contributed by atoms with Gasteiger partial charge in [0.25, 0.3) is 5.56 Å². The number of nitrogens with zero attached hydrogens (tertiary/aromatic N) is 1. The van der Waals surface area contributed by atoms with E-state index >= 15 is 0 Å². The van der Waals surface area contributed by atoms with Crippen LogP contribution in [-0.2, 0) is 5.75 Å². The topological polar surface area (TPSA) is 69.8 Å². The van der Waals surface area contributed by atoms with Crippen molar-refractivity contribution in [2.24, 2.45) is 5.92 Å². The molecule has 0 bridgehead atoms. The van der Waals surface area contributed by atoms with Gasteiger partial charge in [-0.2, -0.15) is 0 Å². The Morgan fingerprint density at radius 1 is 1.30 bits per heavy atom. The van der Waals surface area contributed by atoms with Crippen molar-refractivity contribution in [2.75, 3.05) is 25.0 Å². The van der Waals surface area contributed by atoms with E-state index in [4.69, 9.17) is 0 Å². The fourth-order valence-electron chi connectivity index (χ4n) is 3.53. The van der Waals surface area contributed by atoms with Crippen molar-refractivity contribution in [3.8, 4) is 0 Å². The molecule has 4 rings (SSSR count). The molecule has 1 aliphatic heterocycles. The summed E-state index contributed by atoms with van der Waals surface area (Å²) in [7, 11) is 0. The number of benzene rings is 1. The van der Waals surface area contributed by atoms with E-state index in [1.807, 2.05) is 0 Å². The lowest BCUT2D eigenvalue weighted by Gasteiger charge is -2.26. The molecule has 0 unspecified atom stereocenters. The third-order valence-corrected chi connectivity index (χ3v) is 6.83. The van der Waals surface area contributed by atoms with Crippen LogP contribution in [0.2, 0.25) is 0 Å². The molecule has 1 saturated carbocycles. The van der Waals surface area contributed by atoms with Gasteiger partial charge in [-0.3, -0.25) is 4.79 Å². The fourth-order valence-corrected chi connectivity index (χ4v) is 4.63. The molecule has 8 heteroatoms. The molecule has 2 aromatic rings. The number of aromatic amines is 1. The zero-order valence-electron chi connectivity index (χ0n) is 15.1. The zero-order chi connectivity index (χ0) is 18.8. The minimum Gasteiger partial charge on any atom is -0.382 e. The van der Waals surface area contributed by atoms with Crippen LogP contribution in [0.25, 0.3) is 10.9 Å². The molecule has 1 saturated heterocycles. The van der Waals surface area contributed by atoms with E-state index in [0.29, 0.717) is 35.2 Å². The van der Waals surface area contributed by atoms with Gasteiger partial charge >= 0.3 is 0 Å². The van der Waals surface area contributed by atoms with Gasteiger partial charge in [-0.05, 0) is 43.9 Å². The lowest BCUT2D eigenvalue weighted by atomic mass is 9.85. The molecule has 5 nitrogen and oxygen atoms in total. The summed E-state index contributed by atoms with van der Waals surface area (Å²) in [6, 6.07) is 2.85. The van der Waals surface area contributed by atoms with E-state index in [2.05, 4.69) is 20.6 Å². The fraction of sp³-hybridized carbons (Fsp3) is 0.579. The number of alkyl halides is 1. The summed E-state index contributed by atoms with van der Waals surface area (Å²) < 4.78 is 28.3. The molecule has 146 valence electrons. The average Bonchev–Trinajstić information content (AvgIpc) is 2.61. The normalized spacial score (nSPS) is 23.3. The molecule has 0 radical (unpaired) electrons. The second-order valence-electron chi connectivity index (χ2n) is 7.40. The van der Waals surface area contributed by atoms with Gasteiger partial charge in [0.1, 0.15) is 17.8 Å². The molecular formula is C19H24F2N4OS. The van der Waals surface area contributed by atoms with Crippen LogP contribution in [0.4, 0.5) is 14.5 Å². The van der Waals surface area contributed by atoms with Crippen molar-refractivity contribution < 1.29 is 8.78 Å². The Morgan fingerprint density at radius 2 is 2.15 bits per heavy atom. The maximum absolute atomic E-state index is 14.3. The van der Waals surface area contributed by atoms with E-state index in [0.717, 1.165) is 19.5 Å². The Kier molecular flexibility index (Phi) is 5.63. The van der Waals surface area contributed by atoms with Crippen LogP contribution in [0, 0.1) is 11.7 Å². The van der Waals surface area contributed by atoms with Gasteiger partial charge in [-0.15, -0.1) is 11.8 Å². The number of hydrogen-bond acceptors (Lipinski definition) is 5. The minimum absolute atomic E-state index is 0.0971. The summed E-state index contributed by atoms with van der Waals surface area (Å²) in [6.07, 6.45) is 3.44. The Morgan fingerprint density at radius 3 is 2.89 bits per heavy atom. The first-order valence-electron chi connectivity index (χ1n) is 9.53. The van der Waals surface area contributed by atoms with Gasteiger partial charge in [-0.25, -0.2) is 13.8 Å². The molecular weight excluding hydrogens is 370 g/mol. The van der Waals surface area contributed by atoms with Crippen molar-refractivity contribution >= 4 is 28.4 Å². The Bertz CT molecular complexity index is 871. The van der Waals surface area contributed by atoms with Gasteiger partial charge in [0.05, 0.1) is 22.3 Å². The maximum atomic E-state index is 14.3. The smallest absolute Gasteiger partial charge is 0.258 e. The lowest BCUT2D eigenvalue weighted by molar-refractivity contribution is 0.275. The minimum atomic E-state index is -0.896. The molecule has 1 aromatic carbocycles. The van der Waals surface area contributed by atoms with Gasteiger partial charge < -0.3 is 15.6 Å². The number of aromatic nitrogens is 2. The quantitative estimate of drug-likeness (QED) is 0.702. The molecule has 0 amide bonds. The number of hydrogen-bond donors (Lipinski definition) is 3. The van der Waals surface area contributed by atoms with Gasteiger partial charge in [0, 0.05) is 18.3 Å². The highest BCUT2D eigenvalue weighted by Gasteiger charge is 2.25. The summed E-state index contributed by atoms with van der Waals surface area (Å²) in [5.41, 5.74) is 0.490. The van der Waals surface area contributed by atoms with E-state index in [1.54, 1.807) is 6.07 Å². The van der Waals surface area contributed by atoms with Gasteiger partial charge in [0.2, 0.25) is 0 Å². The monoisotopic (exact) mass is 394 g/mol. The highest BCUT2D eigenvalue weighted by molar-refractivity contribution is 7.99. The van der Waals surface area contributed by atoms with Crippen LogP contribution < -0.4 is 16.2 Å². The van der Waals surface area contributed by atoms with Crippen LogP contribution >= 0.6 is 11.8 Å². The van der Waals surface area contributed by atoms with E-state index in [-0.39, 0.29) is 16.2 Å². The molecule has 2 heterocycles. The summed E-state index contributed by atoms with van der Waals surface area (Å²) in [5, 5.41) is 6.32. The molecule has 2 fully saturated rings. The molecule has 27 heavy (non-hydrogen) atoms. The van der Waals surface area contributed by atoms with Crippen LogP contribution in [0.3, 0.4) is 0 Å². The van der Waals surface area contributed by atoms with Crippen LogP contribution in [0.15, 0.2) is 16.9 Å². The second kappa shape index (κ2) is 8.14. The molecule has 0 spiro atoms. The van der Waals surface area contributed by atoms with Crippen molar-refractivity contribution in [3.63, 3.8) is 0 Å². The maximum Gasteiger partial charge on any atom is 0.258 e. The first kappa shape index (κ1) is 18.7. The van der Waals surface area contributed by atoms with Gasteiger partial charge in [0.15, 0.2) is 0 Å². The first-order chi connectivity index (χ1) is 13.1. The number of fused-ring (bicyclic) bond motifs is 1. The third kappa shape index (κ3) is 4.27. The number of halogens is 2. The van der Waals surface area contributed by atoms with Crippen LogP contribution in [-0.4, -0.2) is 41.0 Å². The predicted octanol–water partition coefficient (Wildman–Crippen LogP) is 3.21. The average molecular weight is 394 g/mol. The highest BCUT2D eigenvalue weighted by atomic mass is 32.2. The largest absolute Gasteiger partial charge is 0.382 e. The highest BCUT2D eigenvalue weighted by Crippen LogP contribution is 2.28. The van der Waals surface area contributed by atoms with Crippen molar-refractivity contribution in [2.45, 2.75) is 42.9 Å². The summed E-state index contributed by atoms with van der Waals surface area (Å²) in [4.78, 5) is 19.5. The summed E-state index contributed by atoms with van der Waals surface area (Å²) in [6.45, 7) is 1.91. The number of thioether (sulfide) groups is 1.